The number of aromatic nitrogens is 2. The van der Waals surface area contributed by atoms with Gasteiger partial charge in [0, 0.05) is 18.8 Å². The molecular formula is C11H17N3O3S. The third-order valence-electron chi connectivity index (χ3n) is 2.90. The first-order valence-electron chi connectivity index (χ1n) is 5.93. The van der Waals surface area contributed by atoms with Gasteiger partial charge in [-0.15, -0.1) is 5.10 Å². The molecule has 0 N–H and O–H groups in total. The van der Waals surface area contributed by atoms with Crippen molar-refractivity contribution in [1.82, 2.24) is 14.5 Å². The zero-order valence-corrected chi connectivity index (χ0v) is 11.3. The first kappa shape index (κ1) is 13.2. The molecule has 0 aliphatic carbocycles. The average molecular weight is 271 g/mol. The number of sulfonamides is 1. The van der Waals surface area contributed by atoms with E-state index in [1.807, 2.05) is 0 Å². The second kappa shape index (κ2) is 5.19. The summed E-state index contributed by atoms with van der Waals surface area (Å²) in [5.74, 6) is 0.436. The minimum Gasteiger partial charge on any atom is -0.472 e. The van der Waals surface area contributed by atoms with Gasteiger partial charge in [-0.25, -0.2) is 8.42 Å². The Hall–Kier alpha value is -1.21. The van der Waals surface area contributed by atoms with E-state index >= 15 is 0 Å². The zero-order chi connectivity index (χ0) is 13.2. The molecule has 0 spiro atoms. The van der Waals surface area contributed by atoms with Crippen LogP contribution in [0.2, 0.25) is 0 Å². The SMILES string of the molecule is CC(C)S(=O)(=O)N1CCC(Oc2cccnn2)C1. The molecule has 1 aliphatic heterocycles. The van der Waals surface area contributed by atoms with E-state index < -0.39 is 15.3 Å². The van der Waals surface area contributed by atoms with Crippen LogP contribution in [0.15, 0.2) is 18.3 Å². The normalized spacial score (nSPS) is 21.4. The molecule has 6 nitrogen and oxygen atoms in total. The lowest BCUT2D eigenvalue weighted by atomic mass is 10.3. The molecule has 1 aromatic rings. The van der Waals surface area contributed by atoms with E-state index in [0.29, 0.717) is 25.4 Å². The topological polar surface area (TPSA) is 72.4 Å². The van der Waals surface area contributed by atoms with Crippen LogP contribution < -0.4 is 4.74 Å². The van der Waals surface area contributed by atoms with Gasteiger partial charge < -0.3 is 4.74 Å². The summed E-state index contributed by atoms with van der Waals surface area (Å²) < 4.78 is 31.0. The smallest absolute Gasteiger partial charge is 0.233 e. The van der Waals surface area contributed by atoms with Crippen molar-refractivity contribution >= 4 is 10.0 Å². The molecule has 1 atom stereocenters. The first-order chi connectivity index (χ1) is 8.50. The van der Waals surface area contributed by atoms with Gasteiger partial charge in [-0.05, 0) is 26.3 Å². The third kappa shape index (κ3) is 2.78. The molecule has 1 aliphatic rings. The lowest BCUT2D eigenvalue weighted by Crippen LogP contribution is -2.35. The number of hydrogen-bond acceptors (Lipinski definition) is 5. The highest BCUT2D eigenvalue weighted by Gasteiger charge is 2.34. The Morgan fingerprint density at radius 2 is 2.28 bits per heavy atom. The molecule has 100 valence electrons. The zero-order valence-electron chi connectivity index (χ0n) is 10.5. The molecule has 2 rings (SSSR count). The fraction of sp³-hybridized carbons (Fsp3) is 0.636. The minimum atomic E-state index is -3.18. The van der Waals surface area contributed by atoms with E-state index in [-0.39, 0.29) is 6.10 Å². The van der Waals surface area contributed by atoms with Crippen LogP contribution in [0, 0.1) is 0 Å². The molecule has 2 heterocycles. The van der Waals surface area contributed by atoms with Crippen LogP contribution in [-0.2, 0) is 10.0 Å². The summed E-state index contributed by atoms with van der Waals surface area (Å²) in [4.78, 5) is 0. The van der Waals surface area contributed by atoms with Gasteiger partial charge in [0.25, 0.3) is 0 Å². The summed E-state index contributed by atoms with van der Waals surface area (Å²) in [6.45, 7) is 4.26. The molecule has 1 saturated heterocycles. The van der Waals surface area contributed by atoms with Gasteiger partial charge in [-0.1, -0.05) is 0 Å². The molecule has 0 radical (unpaired) electrons. The molecule has 0 amide bonds. The quantitative estimate of drug-likeness (QED) is 0.804. The van der Waals surface area contributed by atoms with Gasteiger partial charge in [-0.3, -0.25) is 0 Å². The first-order valence-corrected chi connectivity index (χ1v) is 7.44. The fourth-order valence-electron chi connectivity index (χ4n) is 1.84. The van der Waals surface area contributed by atoms with Crippen LogP contribution in [0.3, 0.4) is 0 Å². The molecule has 0 bridgehead atoms. The van der Waals surface area contributed by atoms with Gasteiger partial charge in [0.05, 0.1) is 11.8 Å². The van der Waals surface area contributed by atoms with Gasteiger partial charge in [0.2, 0.25) is 15.9 Å². The molecule has 1 unspecified atom stereocenters. The molecule has 0 aromatic carbocycles. The Bertz CT molecular complexity index is 490. The Balaban J connectivity index is 1.97. The van der Waals surface area contributed by atoms with Gasteiger partial charge in [0.1, 0.15) is 6.10 Å². The largest absolute Gasteiger partial charge is 0.472 e. The summed E-state index contributed by atoms with van der Waals surface area (Å²) in [6, 6.07) is 3.45. The van der Waals surface area contributed by atoms with Crippen molar-refractivity contribution in [3.05, 3.63) is 18.3 Å². The maximum Gasteiger partial charge on any atom is 0.233 e. The van der Waals surface area contributed by atoms with E-state index in [2.05, 4.69) is 10.2 Å². The summed E-state index contributed by atoms with van der Waals surface area (Å²) in [7, 11) is -3.18. The van der Waals surface area contributed by atoms with Crippen molar-refractivity contribution in [2.45, 2.75) is 31.6 Å². The second-order valence-electron chi connectivity index (χ2n) is 4.54. The number of ether oxygens (including phenoxy) is 1. The van der Waals surface area contributed by atoms with Crippen LogP contribution in [0.25, 0.3) is 0 Å². The summed E-state index contributed by atoms with van der Waals surface area (Å²) in [5.41, 5.74) is 0. The fourth-order valence-corrected chi connectivity index (χ4v) is 3.17. The second-order valence-corrected chi connectivity index (χ2v) is 7.03. The lowest BCUT2D eigenvalue weighted by molar-refractivity contribution is 0.204. The Morgan fingerprint density at radius 1 is 1.50 bits per heavy atom. The standard InChI is InChI=1S/C11H17N3O3S/c1-9(2)18(15,16)14-7-5-10(8-14)17-11-4-3-6-12-13-11/h3-4,6,9-10H,5,7-8H2,1-2H3. The molecule has 18 heavy (non-hydrogen) atoms. The summed E-state index contributed by atoms with van der Waals surface area (Å²) in [6.07, 6.45) is 2.11. The van der Waals surface area contributed by atoms with E-state index in [1.54, 1.807) is 32.2 Å². The monoisotopic (exact) mass is 271 g/mol. The molecular weight excluding hydrogens is 254 g/mol. The third-order valence-corrected chi connectivity index (χ3v) is 5.14. The Labute approximate surface area is 107 Å². The van der Waals surface area contributed by atoms with Gasteiger partial charge in [-0.2, -0.15) is 9.40 Å². The van der Waals surface area contributed by atoms with Crippen molar-refractivity contribution in [2.75, 3.05) is 13.1 Å². The average Bonchev–Trinajstić information content (AvgIpc) is 2.79. The van der Waals surface area contributed by atoms with Crippen LogP contribution in [-0.4, -0.2) is 47.4 Å². The van der Waals surface area contributed by atoms with Crippen LogP contribution >= 0.6 is 0 Å². The highest BCUT2D eigenvalue weighted by Crippen LogP contribution is 2.20. The molecule has 1 aromatic heterocycles. The van der Waals surface area contributed by atoms with Crippen molar-refractivity contribution in [1.29, 1.82) is 0 Å². The van der Waals surface area contributed by atoms with Crippen LogP contribution in [0.5, 0.6) is 5.88 Å². The summed E-state index contributed by atoms with van der Waals surface area (Å²) in [5, 5.41) is 7.14. The van der Waals surface area contributed by atoms with Gasteiger partial charge in [0.15, 0.2) is 0 Å². The predicted molar refractivity (Wildman–Crippen MR) is 66.7 cm³/mol. The number of nitrogens with zero attached hydrogens (tertiary/aromatic N) is 3. The minimum absolute atomic E-state index is 0.143. The van der Waals surface area contributed by atoms with Crippen molar-refractivity contribution in [3.63, 3.8) is 0 Å². The molecule has 1 fully saturated rings. The van der Waals surface area contributed by atoms with E-state index in [1.165, 1.54) is 4.31 Å². The van der Waals surface area contributed by atoms with Crippen molar-refractivity contribution in [2.24, 2.45) is 0 Å². The van der Waals surface area contributed by atoms with E-state index in [4.69, 9.17) is 4.74 Å². The van der Waals surface area contributed by atoms with Crippen LogP contribution in [0.4, 0.5) is 0 Å². The number of hydrogen-bond donors (Lipinski definition) is 0. The van der Waals surface area contributed by atoms with Crippen molar-refractivity contribution in [3.8, 4) is 5.88 Å². The van der Waals surface area contributed by atoms with E-state index in [0.717, 1.165) is 0 Å². The maximum absolute atomic E-state index is 12.0. The Morgan fingerprint density at radius 3 is 2.89 bits per heavy atom. The van der Waals surface area contributed by atoms with E-state index in [9.17, 15) is 8.42 Å². The van der Waals surface area contributed by atoms with Crippen molar-refractivity contribution < 1.29 is 13.2 Å². The Kier molecular flexibility index (Phi) is 3.82. The lowest BCUT2D eigenvalue weighted by Gasteiger charge is -2.19. The van der Waals surface area contributed by atoms with Gasteiger partial charge >= 0.3 is 0 Å². The highest BCUT2D eigenvalue weighted by molar-refractivity contribution is 7.89. The van der Waals surface area contributed by atoms with Crippen LogP contribution in [0.1, 0.15) is 20.3 Å². The molecule has 7 heteroatoms. The predicted octanol–water partition coefficient (Wildman–Crippen LogP) is 0.668. The highest BCUT2D eigenvalue weighted by atomic mass is 32.2. The number of rotatable bonds is 4. The molecule has 0 saturated carbocycles. The maximum atomic E-state index is 12.0. The summed E-state index contributed by atoms with van der Waals surface area (Å²) >= 11 is 0.